The zero-order chi connectivity index (χ0) is 18.5. The highest BCUT2D eigenvalue weighted by atomic mass is 16.5. The predicted molar refractivity (Wildman–Crippen MR) is 99.1 cm³/mol. The molecule has 26 heavy (non-hydrogen) atoms. The molecule has 1 heterocycles. The predicted octanol–water partition coefficient (Wildman–Crippen LogP) is 2.66. The summed E-state index contributed by atoms with van der Waals surface area (Å²) in [5.74, 6) is 0.114. The van der Waals surface area contributed by atoms with Gasteiger partial charge in [-0.3, -0.25) is 4.79 Å². The number of anilines is 1. The van der Waals surface area contributed by atoms with Gasteiger partial charge in [0, 0.05) is 17.6 Å². The number of carbonyl (C=O) groups excluding carboxylic acids is 2. The summed E-state index contributed by atoms with van der Waals surface area (Å²) in [5.41, 5.74) is 6.82. The van der Waals surface area contributed by atoms with E-state index in [4.69, 9.17) is 10.5 Å². The van der Waals surface area contributed by atoms with E-state index in [1.165, 1.54) is 7.11 Å². The molecule has 3 rings (SSSR count). The van der Waals surface area contributed by atoms with Crippen LogP contribution in [-0.2, 0) is 6.54 Å². The molecule has 4 N–H and O–H groups in total. The number of hydrogen-bond donors (Lipinski definition) is 3. The first-order chi connectivity index (χ1) is 12.6. The van der Waals surface area contributed by atoms with Gasteiger partial charge in [0.2, 0.25) is 5.88 Å². The summed E-state index contributed by atoms with van der Waals surface area (Å²) in [5, 5.41) is 7.03. The van der Waals surface area contributed by atoms with Gasteiger partial charge in [0.25, 0.3) is 5.91 Å². The molecule has 0 aliphatic carbocycles. The van der Waals surface area contributed by atoms with Gasteiger partial charge in [0.1, 0.15) is 5.69 Å². The number of urea groups is 1. The summed E-state index contributed by atoms with van der Waals surface area (Å²) in [6, 6.07) is 15.7. The minimum atomic E-state index is -0.623. The first kappa shape index (κ1) is 17.2. The van der Waals surface area contributed by atoms with Crippen LogP contribution < -0.4 is 21.1 Å². The Hall–Kier alpha value is -3.61. The van der Waals surface area contributed by atoms with Crippen molar-refractivity contribution in [3.8, 4) is 5.88 Å². The Morgan fingerprint density at radius 3 is 2.54 bits per heavy atom. The van der Waals surface area contributed by atoms with E-state index in [1.54, 1.807) is 30.3 Å². The lowest BCUT2D eigenvalue weighted by molar-refractivity contribution is 0.0945. The number of pyridine rings is 1. The number of benzene rings is 2. The molecule has 0 saturated heterocycles. The fourth-order valence-electron chi connectivity index (χ4n) is 2.56. The number of rotatable bonds is 5. The van der Waals surface area contributed by atoms with Crippen LogP contribution >= 0.6 is 0 Å². The van der Waals surface area contributed by atoms with Crippen molar-refractivity contribution in [3.63, 3.8) is 0 Å². The summed E-state index contributed by atoms with van der Waals surface area (Å²) in [6.07, 6.45) is 0. The van der Waals surface area contributed by atoms with Gasteiger partial charge in [-0.2, -0.15) is 0 Å². The lowest BCUT2D eigenvalue weighted by Crippen LogP contribution is -2.24. The summed E-state index contributed by atoms with van der Waals surface area (Å²) in [7, 11) is 1.53. The number of primary amides is 1. The fourth-order valence-corrected chi connectivity index (χ4v) is 2.56. The van der Waals surface area contributed by atoms with Gasteiger partial charge in [-0.1, -0.05) is 30.3 Å². The third-order valence-electron chi connectivity index (χ3n) is 3.81. The van der Waals surface area contributed by atoms with Crippen LogP contribution in [0.3, 0.4) is 0 Å². The minimum Gasteiger partial charge on any atom is -0.481 e. The molecular formula is C19H18N4O3. The van der Waals surface area contributed by atoms with Gasteiger partial charge in [0.05, 0.1) is 7.11 Å². The van der Waals surface area contributed by atoms with Gasteiger partial charge in [-0.25, -0.2) is 9.78 Å². The van der Waals surface area contributed by atoms with Crippen molar-refractivity contribution < 1.29 is 14.3 Å². The van der Waals surface area contributed by atoms with Crippen LogP contribution in [-0.4, -0.2) is 24.0 Å². The van der Waals surface area contributed by atoms with Crippen molar-refractivity contribution in [1.82, 2.24) is 10.3 Å². The first-order valence-electron chi connectivity index (χ1n) is 7.94. The molecule has 0 atom stereocenters. The zero-order valence-electron chi connectivity index (χ0n) is 14.2. The monoisotopic (exact) mass is 350 g/mol. The van der Waals surface area contributed by atoms with Crippen LogP contribution in [0.4, 0.5) is 10.5 Å². The summed E-state index contributed by atoms with van der Waals surface area (Å²) >= 11 is 0. The van der Waals surface area contributed by atoms with E-state index in [-0.39, 0.29) is 11.6 Å². The highest BCUT2D eigenvalue weighted by Gasteiger charge is 2.12. The number of amides is 3. The number of ether oxygens (including phenoxy) is 1. The zero-order valence-corrected chi connectivity index (χ0v) is 14.2. The number of nitrogens with two attached hydrogens (primary N) is 1. The Morgan fingerprint density at radius 2 is 1.85 bits per heavy atom. The third kappa shape index (κ3) is 3.89. The van der Waals surface area contributed by atoms with Crippen LogP contribution in [0, 0.1) is 0 Å². The van der Waals surface area contributed by atoms with Crippen molar-refractivity contribution in [3.05, 3.63) is 65.9 Å². The van der Waals surface area contributed by atoms with Crippen LogP contribution in [0.25, 0.3) is 10.8 Å². The third-order valence-corrected chi connectivity index (χ3v) is 3.81. The average molecular weight is 350 g/mol. The van der Waals surface area contributed by atoms with Gasteiger partial charge >= 0.3 is 6.03 Å². The molecule has 0 saturated carbocycles. The van der Waals surface area contributed by atoms with E-state index < -0.39 is 6.03 Å². The molecule has 0 spiro atoms. The van der Waals surface area contributed by atoms with Crippen molar-refractivity contribution >= 4 is 28.4 Å². The Morgan fingerprint density at radius 1 is 1.12 bits per heavy atom. The van der Waals surface area contributed by atoms with Crippen molar-refractivity contribution in [2.24, 2.45) is 5.73 Å². The molecule has 3 aromatic rings. The smallest absolute Gasteiger partial charge is 0.316 e. The Bertz CT molecular complexity index is 955. The molecule has 3 amide bonds. The normalized spacial score (nSPS) is 10.3. The molecule has 1 aromatic heterocycles. The lowest BCUT2D eigenvalue weighted by Gasteiger charge is -2.09. The topological polar surface area (TPSA) is 106 Å². The first-order valence-corrected chi connectivity index (χ1v) is 7.94. The van der Waals surface area contributed by atoms with E-state index >= 15 is 0 Å². The summed E-state index contributed by atoms with van der Waals surface area (Å²) < 4.78 is 5.29. The molecule has 0 radical (unpaired) electrons. The maximum absolute atomic E-state index is 12.4. The molecule has 2 aromatic carbocycles. The largest absolute Gasteiger partial charge is 0.481 e. The molecule has 0 fully saturated rings. The number of methoxy groups -OCH3 is 1. The van der Waals surface area contributed by atoms with Gasteiger partial charge in [-0.05, 0) is 35.2 Å². The molecule has 0 bridgehead atoms. The minimum absolute atomic E-state index is 0.285. The Labute approximate surface area is 150 Å². The molecule has 7 nitrogen and oxygen atoms in total. The molecule has 7 heteroatoms. The van der Waals surface area contributed by atoms with Crippen LogP contribution in [0.5, 0.6) is 5.88 Å². The number of carbonyl (C=O) groups is 2. The Kier molecular flexibility index (Phi) is 4.98. The van der Waals surface area contributed by atoms with Crippen LogP contribution in [0.15, 0.2) is 54.6 Å². The second-order valence-corrected chi connectivity index (χ2v) is 5.61. The number of nitrogens with one attached hydrogen (secondary N) is 2. The summed E-state index contributed by atoms with van der Waals surface area (Å²) in [6.45, 7) is 0.326. The van der Waals surface area contributed by atoms with E-state index in [0.29, 0.717) is 18.1 Å². The van der Waals surface area contributed by atoms with Crippen molar-refractivity contribution in [1.29, 1.82) is 0 Å². The molecular weight excluding hydrogens is 332 g/mol. The van der Waals surface area contributed by atoms with E-state index in [1.807, 2.05) is 24.3 Å². The fraction of sp³-hybridized carbons (Fsp3) is 0.105. The van der Waals surface area contributed by atoms with E-state index in [9.17, 15) is 9.59 Å². The molecule has 0 unspecified atom stereocenters. The van der Waals surface area contributed by atoms with Crippen molar-refractivity contribution in [2.45, 2.75) is 6.54 Å². The summed E-state index contributed by atoms with van der Waals surface area (Å²) in [4.78, 5) is 27.5. The van der Waals surface area contributed by atoms with E-state index in [2.05, 4.69) is 15.6 Å². The van der Waals surface area contributed by atoms with Crippen LogP contribution in [0.1, 0.15) is 16.1 Å². The average Bonchev–Trinajstić information content (AvgIpc) is 2.65. The van der Waals surface area contributed by atoms with Gasteiger partial charge in [-0.15, -0.1) is 0 Å². The number of aromatic nitrogens is 1. The maximum atomic E-state index is 12.4. The second kappa shape index (κ2) is 7.52. The maximum Gasteiger partial charge on any atom is 0.316 e. The Balaban J connectivity index is 1.72. The number of nitrogens with zero attached hydrogens (tertiary/aromatic N) is 1. The SMILES string of the molecule is COc1nc(C(=O)NCc2ccc(NC(N)=O)cc2)cc2ccccc12. The number of fused-ring (bicyclic) bond motifs is 1. The lowest BCUT2D eigenvalue weighted by atomic mass is 10.1. The highest BCUT2D eigenvalue weighted by Crippen LogP contribution is 2.24. The number of hydrogen-bond acceptors (Lipinski definition) is 4. The highest BCUT2D eigenvalue weighted by molar-refractivity contribution is 5.98. The standard InChI is InChI=1S/C19H18N4O3/c1-26-18-15-5-3-2-4-13(15)10-16(23-18)17(24)21-11-12-6-8-14(9-7-12)22-19(20)25/h2-10H,11H2,1H3,(H,21,24)(H3,20,22,25). The van der Waals surface area contributed by atoms with Gasteiger partial charge in [0.15, 0.2) is 0 Å². The second-order valence-electron chi connectivity index (χ2n) is 5.61. The molecule has 0 aliphatic rings. The quantitative estimate of drug-likeness (QED) is 0.657. The molecule has 0 aliphatic heterocycles. The van der Waals surface area contributed by atoms with Crippen molar-refractivity contribution in [2.75, 3.05) is 12.4 Å². The van der Waals surface area contributed by atoms with Gasteiger partial charge < -0.3 is 21.1 Å². The van der Waals surface area contributed by atoms with E-state index in [0.717, 1.165) is 16.3 Å². The van der Waals surface area contributed by atoms with Crippen LogP contribution in [0.2, 0.25) is 0 Å². The molecule has 132 valence electrons.